The lowest BCUT2D eigenvalue weighted by molar-refractivity contribution is 0.0563. The van der Waals surface area contributed by atoms with E-state index < -0.39 is 5.97 Å². The minimum Gasteiger partial charge on any atom is -0.497 e. The van der Waals surface area contributed by atoms with Crippen molar-refractivity contribution in [1.29, 1.82) is 0 Å². The second-order valence-corrected chi connectivity index (χ2v) is 8.33. The van der Waals surface area contributed by atoms with Crippen LogP contribution in [0.2, 0.25) is 0 Å². The van der Waals surface area contributed by atoms with Crippen LogP contribution in [0.25, 0.3) is 21.3 Å². The number of ether oxygens (including phenoxy) is 2. The first-order valence-electron chi connectivity index (χ1n) is 8.79. The summed E-state index contributed by atoms with van der Waals surface area (Å²) in [7, 11) is 2.99. The van der Waals surface area contributed by atoms with E-state index in [0.717, 1.165) is 32.1 Å². The number of hydrogen-bond acceptors (Lipinski definition) is 8. The monoisotopic (exact) mass is 426 g/mol. The Hall–Kier alpha value is -2.84. The SMILES string of the molecule is COC(=O)c1ccc(CSc2ncnc3sc(C)c(-c4ccc(OC)cc4)c23)o1. The van der Waals surface area contributed by atoms with E-state index in [1.807, 2.05) is 24.3 Å². The molecule has 0 radical (unpaired) electrons. The van der Waals surface area contributed by atoms with Gasteiger partial charge in [-0.05, 0) is 36.8 Å². The molecule has 148 valence electrons. The van der Waals surface area contributed by atoms with Crippen LogP contribution in [0.5, 0.6) is 5.75 Å². The number of aryl methyl sites for hydroxylation is 1. The lowest BCUT2D eigenvalue weighted by Gasteiger charge is -2.07. The summed E-state index contributed by atoms with van der Waals surface area (Å²) in [4.78, 5) is 22.7. The Bertz CT molecular complexity index is 1170. The van der Waals surface area contributed by atoms with E-state index in [1.54, 1.807) is 48.7 Å². The molecule has 0 fully saturated rings. The van der Waals surface area contributed by atoms with Crippen molar-refractivity contribution < 1.29 is 18.7 Å². The quantitative estimate of drug-likeness (QED) is 0.234. The molecule has 0 aliphatic rings. The Labute approximate surface area is 175 Å². The summed E-state index contributed by atoms with van der Waals surface area (Å²) in [5, 5.41) is 1.91. The molecule has 0 bridgehead atoms. The van der Waals surface area contributed by atoms with E-state index in [0.29, 0.717) is 11.5 Å². The highest BCUT2D eigenvalue weighted by molar-refractivity contribution is 7.98. The highest BCUT2D eigenvalue weighted by Crippen LogP contribution is 2.42. The fourth-order valence-electron chi connectivity index (χ4n) is 3.04. The van der Waals surface area contributed by atoms with Crippen LogP contribution in [0.3, 0.4) is 0 Å². The first kappa shape index (κ1) is 19.5. The van der Waals surface area contributed by atoms with Gasteiger partial charge in [0.25, 0.3) is 0 Å². The van der Waals surface area contributed by atoms with Gasteiger partial charge in [0.15, 0.2) is 0 Å². The number of benzene rings is 1. The number of hydrogen-bond donors (Lipinski definition) is 0. The molecular weight excluding hydrogens is 408 g/mol. The average molecular weight is 427 g/mol. The van der Waals surface area contributed by atoms with E-state index in [2.05, 4.69) is 21.6 Å². The predicted octanol–water partition coefficient (Wildman–Crippen LogP) is 5.35. The number of carbonyl (C=O) groups excluding carboxylic acids is 1. The fourth-order valence-corrected chi connectivity index (χ4v) is 5.01. The van der Waals surface area contributed by atoms with Crippen molar-refractivity contribution in [2.45, 2.75) is 17.7 Å². The van der Waals surface area contributed by atoms with Crippen LogP contribution in [0, 0.1) is 6.92 Å². The molecule has 0 aliphatic heterocycles. The summed E-state index contributed by atoms with van der Waals surface area (Å²) in [5.74, 6) is 1.75. The topological polar surface area (TPSA) is 74.5 Å². The zero-order valence-corrected chi connectivity index (χ0v) is 17.7. The van der Waals surface area contributed by atoms with Crippen molar-refractivity contribution in [1.82, 2.24) is 9.97 Å². The van der Waals surface area contributed by atoms with E-state index in [9.17, 15) is 4.79 Å². The van der Waals surface area contributed by atoms with Crippen molar-refractivity contribution in [2.24, 2.45) is 0 Å². The van der Waals surface area contributed by atoms with E-state index >= 15 is 0 Å². The molecule has 0 saturated carbocycles. The highest BCUT2D eigenvalue weighted by atomic mass is 32.2. The molecule has 3 heterocycles. The number of thiophene rings is 1. The average Bonchev–Trinajstić information content (AvgIpc) is 3.35. The Morgan fingerprint density at radius 3 is 2.66 bits per heavy atom. The third-order valence-corrected chi connectivity index (χ3v) is 6.43. The summed E-state index contributed by atoms with van der Waals surface area (Å²) in [6.07, 6.45) is 1.58. The third kappa shape index (κ3) is 3.86. The molecule has 29 heavy (non-hydrogen) atoms. The van der Waals surface area contributed by atoms with Gasteiger partial charge in [0, 0.05) is 10.4 Å². The molecule has 4 aromatic rings. The van der Waals surface area contributed by atoms with Gasteiger partial charge in [-0.15, -0.1) is 11.3 Å². The minimum atomic E-state index is -0.485. The molecule has 0 atom stereocenters. The zero-order valence-electron chi connectivity index (χ0n) is 16.1. The summed E-state index contributed by atoms with van der Waals surface area (Å²) >= 11 is 3.20. The maximum Gasteiger partial charge on any atom is 0.373 e. The van der Waals surface area contributed by atoms with Gasteiger partial charge in [0.1, 0.15) is 27.7 Å². The van der Waals surface area contributed by atoms with Crippen LogP contribution in [0.15, 0.2) is 52.2 Å². The number of aromatic nitrogens is 2. The van der Waals surface area contributed by atoms with Gasteiger partial charge in [-0.3, -0.25) is 0 Å². The predicted molar refractivity (Wildman–Crippen MR) is 114 cm³/mol. The second kappa shape index (κ2) is 8.26. The van der Waals surface area contributed by atoms with Gasteiger partial charge < -0.3 is 13.9 Å². The first-order chi connectivity index (χ1) is 14.1. The molecule has 0 saturated heterocycles. The van der Waals surface area contributed by atoms with Crippen LogP contribution in [-0.2, 0) is 10.5 Å². The molecule has 8 heteroatoms. The number of methoxy groups -OCH3 is 2. The first-order valence-corrected chi connectivity index (χ1v) is 10.6. The summed E-state index contributed by atoms with van der Waals surface area (Å²) in [5.41, 5.74) is 2.22. The van der Waals surface area contributed by atoms with Gasteiger partial charge in [-0.1, -0.05) is 23.9 Å². The van der Waals surface area contributed by atoms with Crippen LogP contribution in [-0.4, -0.2) is 30.2 Å². The molecule has 1 aromatic carbocycles. The highest BCUT2D eigenvalue weighted by Gasteiger charge is 2.18. The molecular formula is C21H18N2O4S2. The number of furan rings is 1. The lowest BCUT2D eigenvalue weighted by atomic mass is 10.0. The lowest BCUT2D eigenvalue weighted by Crippen LogP contribution is -1.98. The molecule has 0 aliphatic carbocycles. The number of rotatable bonds is 6. The second-order valence-electron chi connectivity index (χ2n) is 6.17. The summed E-state index contributed by atoms with van der Waals surface area (Å²) in [6.45, 7) is 2.09. The zero-order chi connectivity index (χ0) is 20.4. The standard InChI is InChI=1S/C21H18N2O4S2/c1-12-17(13-4-6-14(25-2)7-5-13)18-19(22-11-23-20(18)29-12)28-10-15-8-9-16(27-15)21(24)26-3/h4-9,11H,10H2,1-3H3. The molecule has 6 nitrogen and oxygen atoms in total. The van der Waals surface area contributed by atoms with E-state index in [-0.39, 0.29) is 5.76 Å². The van der Waals surface area contributed by atoms with Gasteiger partial charge in [0.05, 0.1) is 25.4 Å². The van der Waals surface area contributed by atoms with Gasteiger partial charge >= 0.3 is 5.97 Å². The molecule has 0 spiro atoms. The third-order valence-electron chi connectivity index (χ3n) is 4.41. The fraction of sp³-hybridized carbons (Fsp3) is 0.190. The van der Waals surface area contributed by atoms with Crippen molar-refractivity contribution in [2.75, 3.05) is 14.2 Å². The van der Waals surface area contributed by atoms with Gasteiger partial charge in [-0.25, -0.2) is 14.8 Å². The number of thioether (sulfide) groups is 1. The Balaban J connectivity index is 1.67. The van der Waals surface area contributed by atoms with Crippen LogP contribution < -0.4 is 4.74 Å². The van der Waals surface area contributed by atoms with Crippen molar-refractivity contribution in [3.63, 3.8) is 0 Å². The Morgan fingerprint density at radius 2 is 1.93 bits per heavy atom. The van der Waals surface area contributed by atoms with Gasteiger partial charge in [0.2, 0.25) is 5.76 Å². The maximum absolute atomic E-state index is 11.6. The number of nitrogens with zero attached hydrogens (tertiary/aromatic N) is 2. The Kier molecular flexibility index (Phi) is 5.55. The smallest absolute Gasteiger partial charge is 0.373 e. The summed E-state index contributed by atoms with van der Waals surface area (Å²) < 4.78 is 15.5. The number of fused-ring (bicyclic) bond motifs is 1. The van der Waals surface area contributed by atoms with E-state index in [1.165, 1.54) is 12.0 Å². The van der Waals surface area contributed by atoms with Crippen LogP contribution in [0.4, 0.5) is 0 Å². The number of esters is 1. The molecule has 0 N–H and O–H groups in total. The maximum atomic E-state index is 11.6. The van der Waals surface area contributed by atoms with Crippen LogP contribution >= 0.6 is 23.1 Å². The van der Waals surface area contributed by atoms with Crippen molar-refractivity contribution >= 4 is 39.3 Å². The van der Waals surface area contributed by atoms with E-state index in [4.69, 9.17) is 9.15 Å². The molecule has 3 aromatic heterocycles. The Morgan fingerprint density at radius 1 is 1.14 bits per heavy atom. The van der Waals surface area contributed by atoms with Crippen LogP contribution in [0.1, 0.15) is 21.2 Å². The minimum absolute atomic E-state index is 0.196. The normalized spacial score (nSPS) is 11.0. The van der Waals surface area contributed by atoms with Crippen molar-refractivity contribution in [3.05, 3.63) is 59.1 Å². The molecule has 4 rings (SSSR count). The van der Waals surface area contributed by atoms with Gasteiger partial charge in [-0.2, -0.15) is 0 Å². The summed E-state index contributed by atoms with van der Waals surface area (Å²) in [6, 6.07) is 11.4. The number of carbonyl (C=O) groups is 1. The molecule has 0 unspecified atom stereocenters. The van der Waals surface area contributed by atoms with Crippen molar-refractivity contribution in [3.8, 4) is 16.9 Å². The molecule has 0 amide bonds. The largest absolute Gasteiger partial charge is 0.497 e.